The van der Waals surface area contributed by atoms with Gasteiger partial charge in [0, 0.05) is 0 Å². The van der Waals surface area contributed by atoms with Crippen LogP contribution in [0.1, 0.15) is 60.3 Å². The Bertz CT molecular complexity index is 312. The van der Waals surface area contributed by atoms with Crippen LogP contribution in [-0.2, 0) is 4.43 Å². The minimum atomic E-state index is -1.72. The van der Waals surface area contributed by atoms with Crippen molar-refractivity contribution in [3.05, 3.63) is 0 Å². The molecule has 0 amide bonds. The highest BCUT2D eigenvalue weighted by Gasteiger charge is 2.36. The molecule has 0 aliphatic carbocycles. The lowest BCUT2D eigenvalue weighted by Gasteiger charge is -2.35. The summed E-state index contributed by atoms with van der Waals surface area (Å²) < 4.78 is 6.00. The molecule has 0 spiro atoms. The molecule has 0 saturated carbocycles. The molecule has 0 aliphatic rings. The first-order valence-electron chi connectivity index (χ1n) is 7.44. The lowest BCUT2D eigenvalue weighted by molar-refractivity contribution is 0.0805. The van der Waals surface area contributed by atoms with Gasteiger partial charge in [-0.15, -0.1) is 0 Å². The molecule has 3 heteroatoms. The van der Waals surface area contributed by atoms with Gasteiger partial charge in [0.2, 0.25) is 0 Å². The average Bonchev–Trinajstić information content (AvgIpc) is 2.23. The van der Waals surface area contributed by atoms with Gasteiger partial charge in [0.25, 0.3) is 0 Å². The quantitative estimate of drug-likeness (QED) is 0.580. The van der Waals surface area contributed by atoms with E-state index in [4.69, 9.17) is 4.43 Å². The topological polar surface area (TPSA) is 29.5 Å². The van der Waals surface area contributed by atoms with E-state index in [0.29, 0.717) is 6.61 Å². The van der Waals surface area contributed by atoms with E-state index in [9.17, 15) is 5.11 Å². The van der Waals surface area contributed by atoms with E-state index < -0.39 is 13.9 Å². The van der Waals surface area contributed by atoms with E-state index in [1.807, 2.05) is 0 Å². The molecule has 0 radical (unpaired) electrons. The first-order valence-corrected chi connectivity index (χ1v) is 10.3. The number of hydrogen-bond donors (Lipinski definition) is 1. The molecule has 0 aromatic carbocycles. The second-order valence-corrected chi connectivity index (χ2v) is 11.7. The number of rotatable bonds is 6. The Kier molecular flexibility index (Phi) is 7.35. The Balaban J connectivity index is 4.52. The molecule has 0 fully saturated rings. The Labute approximate surface area is 121 Å². The third-order valence-corrected chi connectivity index (χ3v) is 8.44. The van der Waals surface area contributed by atoms with Gasteiger partial charge >= 0.3 is 0 Å². The predicted molar refractivity (Wildman–Crippen MR) is 85.7 cm³/mol. The van der Waals surface area contributed by atoms with Crippen molar-refractivity contribution in [1.82, 2.24) is 0 Å². The highest BCUT2D eigenvalue weighted by atomic mass is 28.4. The Morgan fingerprint density at radius 1 is 1.05 bits per heavy atom. The van der Waals surface area contributed by atoms with Crippen LogP contribution in [0.25, 0.3) is 0 Å². The van der Waals surface area contributed by atoms with Gasteiger partial charge in [0.05, 0.1) is 6.61 Å². The van der Waals surface area contributed by atoms with E-state index in [1.165, 1.54) is 0 Å². The van der Waals surface area contributed by atoms with Gasteiger partial charge < -0.3 is 9.53 Å². The molecule has 0 bridgehead atoms. The largest absolute Gasteiger partial charge is 0.406 e. The van der Waals surface area contributed by atoms with Crippen LogP contribution in [0.5, 0.6) is 0 Å². The minimum absolute atomic E-state index is 0.206. The second kappa shape index (κ2) is 7.47. The molecule has 19 heavy (non-hydrogen) atoms. The van der Waals surface area contributed by atoms with E-state index in [1.54, 1.807) is 0 Å². The summed E-state index contributed by atoms with van der Waals surface area (Å²) in [7, 11) is -1.72. The summed E-state index contributed by atoms with van der Waals surface area (Å²) >= 11 is 0. The van der Waals surface area contributed by atoms with Crippen molar-refractivity contribution >= 4 is 8.32 Å². The van der Waals surface area contributed by atoms with E-state index >= 15 is 0 Å². The van der Waals surface area contributed by atoms with Gasteiger partial charge in [-0.2, -0.15) is 0 Å². The zero-order chi connectivity index (χ0) is 15.2. The highest BCUT2D eigenvalue weighted by Crippen LogP contribution is 2.36. The summed E-state index contributed by atoms with van der Waals surface area (Å²) in [6, 6.07) is 0. The zero-order valence-corrected chi connectivity index (χ0v) is 14.9. The monoisotopic (exact) mass is 284 g/mol. The number of hydrogen-bond acceptors (Lipinski definition) is 2. The summed E-state index contributed by atoms with van der Waals surface area (Å²) in [4.78, 5) is 0. The summed E-state index contributed by atoms with van der Waals surface area (Å²) in [6.45, 7) is 15.7. The summed E-state index contributed by atoms with van der Waals surface area (Å²) in [5.74, 6) is 6.06. The van der Waals surface area contributed by atoms with E-state index in [0.717, 1.165) is 25.7 Å². The fourth-order valence-electron chi connectivity index (χ4n) is 1.71. The van der Waals surface area contributed by atoms with Gasteiger partial charge in [-0.25, -0.2) is 0 Å². The maximum absolute atomic E-state index is 10.4. The Morgan fingerprint density at radius 2 is 1.53 bits per heavy atom. The molecule has 0 atom stereocenters. The molecule has 0 rings (SSSR count). The van der Waals surface area contributed by atoms with Crippen LogP contribution < -0.4 is 0 Å². The molecule has 0 saturated heterocycles. The summed E-state index contributed by atoms with van der Waals surface area (Å²) in [6.07, 6.45) is 3.39. The summed E-state index contributed by atoms with van der Waals surface area (Å²) in [5, 5.41) is 10.6. The van der Waals surface area contributed by atoms with E-state index in [-0.39, 0.29) is 5.04 Å². The fourth-order valence-corrected chi connectivity index (χ4v) is 2.58. The van der Waals surface area contributed by atoms with Crippen molar-refractivity contribution in [1.29, 1.82) is 0 Å². The molecule has 1 N–H and O–H groups in total. The minimum Gasteiger partial charge on any atom is -0.406 e. The van der Waals surface area contributed by atoms with Crippen LogP contribution in [0.2, 0.25) is 18.1 Å². The maximum atomic E-state index is 10.4. The van der Waals surface area contributed by atoms with Crippen LogP contribution in [0.15, 0.2) is 0 Å². The molecule has 0 aliphatic heterocycles. The van der Waals surface area contributed by atoms with Gasteiger partial charge in [-0.3, -0.25) is 0 Å². The predicted octanol–water partition coefficient (Wildman–Crippen LogP) is 4.34. The molecule has 0 aromatic heterocycles. The molecule has 2 nitrogen and oxygen atoms in total. The van der Waals surface area contributed by atoms with Gasteiger partial charge in [0.15, 0.2) is 8.32 Å². The summed E-state index contributed by atoms with van der Waals surface area (Å²) in [5.41, 5.74) is -0.819. The van der Waals surface area contributed by atoms with Gasteiger partial charge in [-0.05, 0) is 31.0 Å². The third-order valence-electron chi connectivity index (χ3n) is 3.96. The van der Waals surface area contributed by atoms with Crippen molar-refractivity contribution in [3.8, 4) is 11.8 Å². The first-order chi connectivity index (χ1) is 8.58. The lowest BCUT2D eigenvalue weighted by atomic mass is 9.93. The fraction of sp³-hybridized carbons (Fsp3) is 0.875. The third kappa shape index (κ3) is 6.60. The van der Waals surface area contributed by atoms with Crippen LogP contribution in [-0.4, -0.2) is 25.6 Å². The normalized spacial score (nSPS) is 13.1. The first kappa shape index (κ1) is 18.7. The van der Waals surface area contributed by atoms with Crippen LogP contribution in [0.4, 0.5) is 0 Å². The average molecular weight is 285 g/mol. The zero-order valence-electron chi connectivity index (χ0n) is 13.9. The number of aliphatic hydroxyl groups is 1. The van der Waals surface area contributed by atoms with Gasteiger partial charge in [-0.1, -0.05) is 59.3 Å². The van der Waals surface area contributed by atoms with Crippen molar-refractivity contribution in [2.24, 2.45) is 0 Å². The van der Waals surface area contributed by atoms with Crippen LogP contribution in [0, 0.1) is 11.8 Å². The van der Waals surface area contributed by atoms with Crippen molar-refractivity contribution in [3.63, 3.8) is 0 Å². The van der Waals surface area contributed by atoms with Crippen molar-refractivity contribution in [2.75, 3.05) is 6.61 Å². The molecule has 112 valence electrons. The van der Waals surface area contributed by atoms with Crippen molar-refractivity contribution < 1.29 is 9.53 Å². The Hall–Kier alpha value is -0.303. The van der Waals surface area contributed by atoms with Gasteiger partial charge in [0.1, 0.15) is 5.60 Å². The van der Waals surface area contributed by atoms with E-state index in [2.05, 4.69) is 59.6 Å². The standard InChI is InChI=1S/C16H32O2Si/c1-8-11-16(17,12-9-2)13-10-14-18-19(6,7)15(3,4)5/h17H,8-9,11-12,14H2,1-7H3. The highest BCUT2D eigenvalue weighted by molar-refractivity contribution is 6.74. The van der Waals surface area contributed by atoms with Crippen molar-refractivity contribution in [2.45, 2.75) is 84.0 Å². The second-order valence-electron chi connectivity index (χ2n) is 6.88. The lowest BCUT2D eigenvalue weighted by Crippen LogP contribution is -2.40. The molecule has 0 heterocycles. The van der Waals surface area contributed by atoms with Crippen LogP contribution in [0.3, 0.4) is 0 Å². The maximum Gasteiger partial charge on any atom is 0.193 e. The van der Waals surface area contributed by atoms with Crippen LogP contribution >= 0.6 is 0 Å². The Morgan fingerprint density at radius 3 is 1.89 bits per heavy atom. The molecular formula is C16H32O2Si. The molecule has 0 unspecified atom stereocenters. The smallest absolute Gasteiger partial charge is 0.193 e. The molecular weight excluding hydrogens is 252 g/mol. The SMILES string of the molecule is CCCC(O)(C#CCO[Si](C)(C)C(C)(C)C)CCC. The molecule has 0 aromatic rings.